The van der Waals surface area contributed by atoms with Crippen molar-refractivity contribution in [2.24, 2.45) is 5.73 Å². The summed E-state index contributed by atoms with van der Waals surface area (Å²) in [6, 6.07) is 13.8. The molecule has 21 heavy (non-hydrogen) atoms. The monoisotopic (exact) mass is 343 g/mol. The summed E-state index contributed by atoms with van der Waals surface area (Å²) in [6.45, 7) is 0.283. The minimum absolute atomic E-state index is 0. The third-order valence-corrected chi connectivity index (χ3v) is 4.37. The molecule has 0 aromatic heterocycles. The van der Waals surface area contributed by atoms with E-state index in [1.165, 1.54) is 0 Å². The molecule has 1 atom stereocenters. The van der Waals surface area contributed by atoms with Crippen LogP contribution in [0.3, 0.4) is 0 Å². The Balaban J connectivity index is 0.00000161. The van der Waals surface area contributed by atoms with Crippen molar-refractivity contribution in [2.75, 3.05) is 6.54 Å². The van der Waals surface area contributed by atoms with Gasteiger partial charge < -0.3 is 10.5 Å². The summed E-state index contributed by atoms with van der Waals surface area (Å²) in [7, 11) is 0. The Kier molecular flexibility index (Phi) is 5.05. The van der Waals surface area contributed by atoms with E-state index in [0.717, 1.165) is 28.9 Å². The molecular weight excluding hydrogens is 329 g/mol. The van der Waals surface area contributed by atoms with E-state index in [1.807, 2.05) is 36.4 Å². The lowest BCUT2D eigenvalue weighted by Crippen LogP contribution is -2.41. The molecule has 0 aliphatic carbocycles. The van der Waals surface area contributed by atoms with Crippen molar-refractivity contribution < 1.29 is 4.74 Å². The number of hydrogen-bond donors (Lipinski definition) is 1. The van der Waals surface area contributed by atoms with E-state index in [0.29, 0.717) is 11.4 Å². The van der Waals surface area contributed by atoms with E-state index in [1.54, 1.807) is 0 Å². The van der Waals surface area contributed by atoms with E-state index in [4.69, 9.17) is 33.7 Å². The van der Waals surface area contributed by atoms with Gasteiger partial charge in [-0.3, -0.25) is 0 Å². The van der Waals surface area contributed by atoms with Crippen LogP contribution in [0.5, 0.6) is 5.75 Å². The van der Waals surface area contributed by atoms with Gasteiger partial charge in [0.15, 0.2) is 5.06 Å². The number of hydrogen-bond acceptors (Lipinski definition) is 2. The third-order valence-electron chi connectivity index (χ3n) is 3.62. The van der Waals surface area contributed by atoms with Gasteiger partial charge in [0, 0.05) is 29.1 Å². The van der Waals surface area contributed by atoms with Gasteiger partial charge in [-0.2, -0.15) is 0 Å². The number of fused-ring (bicyclic) bond motifs is 1. The van der Waals surface area contributed by atoms with Crippen molar-refractivity contribution >= 4 is 35.6 Å². The molecule has 1 aliphatic heterocycles. The highest BCUT2D eigenvalue weighted by Gasteiger charge is 2.34. The highest BCUT2D eigenvalue weighted by molar-refractivity contribution is 6.33. The molecule has 1 aliphatic rings. The van der Waals surface area contributed by atoms with Crippen molar-refractivity contribution in [1.29, 1.82) is 0 Å². The van der Waals surface area contributed by atoms with Gasteiger partial charge in [0.05, 0.1) is 0 Å². The fourth-order valence-electron chi connectivity index (χ4n) is 2.49. The molecule has 2 aromatic carbocycles. The molecule has 0 bridgehead atoms. The molecule has 5 heteroatoms. The maximum Gasteiger partial charge on any atom is 0.194 e. The minimum Gasteiger partial charge on any atom is -0.470 e. The second-order valence-corrected chi connectivity index (χ2v) is 6.06. The Bertz CT molecular complexity index is 647. The molecule has 2 aromatic rings. The highest BCUT2D eigenvalue weighted by Crippen LogP contribution is 2.43. The van der Waals surface area contributed by atoms with Crippen molar-refractivity contribution in [3.05, 3.63) is 53.1 Å². The first kappa shape index (κ1) is 16.4. The van der Waals surface area contributed by atoms with Crippen LogP contribution in [0.1, 0.15) is 12.0 Å². The standard InChI is InChI=1S/C16H15Cl2NO.ClH/c17-14-7-2-1-5-12(14)13-6-3-4-11-8-9-16(18,10-19)20-15(11)13;/h1-7H,8-10,19H2;1H/t16-;/m0./s1. The molecule has 112 valence electrons. The van der Waals surface area contributed by atoms with E-state index < -0.39 is 5.06 Å². The first-order valence-corrected chi connectivity index (χ1v) is 7.33. The first-order chi connectivity index (χ1) is 9.63. The predicted molar refractivity (Wildman–Crippen MR) is 90.7 cm³/mol. The van der Waals surface area contributed by atoms with Gasteiger partial charge in [-0.1, -0.05) is 59.6 Å². The Labute approximate surface area is 140 Å². The maximum absolute atomic E-state index is 6.41. The molecule has 0 radical (unpaired) electrons. The number of halogens is 3. The molecule has 0 fully saturated rings. The van der Waals surface area contributed by atoms with Crippen molar-refractivity contribution in [2.45, 2.75) is 17.9 Å². The molecule has 2 nitrogen and oxygen atoms in total. The Morgan fingerprint density at radius 1 is 1.10 bits per heavy atom. The van der Waals surface area contributed by atoms with Crippen molar-refractivity contribution in [3.8, 4) is 16.9 Å². The Morgan fingerprint density at radius 2 is 1.81 bits per heavy atom. The summed E-state index contributed by atoms with van der Waals surface area (Å²) in [6.07, 6.45) is 1.57. The predicted octanol–water partition coefficient (Wildman–Crippen LogP) is 4.65. The number of aryl methyl sites for hydroxylation is 1. The summed E-state index contributed by atoms with van der Waals surface area (Å²) in [5.74, 6) is 0.798. The quantitative estimate of drug-likeness (QED) is 0.805. The average Bonchev–Trinajstić information content (AvgIpc) is 2.47. The first-order valence-electron chi connectivity index (χ1n) is 6.58. The molecule has 0 saturated heterocycles. The lowest BCUT2D eigenvalue weighted by atomic mass is 9.95. The van der Waals surface area contributed by atoms with Gasteiger partial charge >= 0.3 is 0 Å². The third kappa shape index (κ3) is 3.14. The van der Waals surface area contributed by atoms with Crippen LogP contribution in [-0.2, 0) is 6.42 Å². The summed E-state index contributed by atoms with van der Waals surface area (Å²) >= 11 is 12.7. The van der Waals surface area contributed by atoms with Gasteiger partial charge in [0.25, 0.3) is 0 Å². The molecule has 2 N–H and O–H groups in total. The maximum atomic E-state index is 6.41. The summed E-state index contributed by atoms with van der Waals surface area (Å²) in [4.78, 5) is 0. The number of para-hydroxylation sites is 1. The van der Waals surface area contributed by atoms with Crippen LogP contribution in [0.15, 0.2) is 42.5 Å². The second-order valence-electron chi connectivity index (χ2n) is 4.96. The number of nitrogens with two attached hydrogens (primary N) is 1. The van der Waals surface area contributed by atoms with Crippen molar-refractivity contribution in [1.82, 2.24) is 0 Å². The van der Waals surface area contributed by atoms with E-state index >= 15 is 0 Å². The Hall–Kier alpha value is -0.930. The fourth-order valence-corrected chi connectivity index (χ4v) is 2.90. The zero-order valence-corrected chi connectivity index (χ0v) is 13.6. The number of rotatable bonds is 2. The number of alkyl halides is 1. The van der Waals surface area contributed by atoms with Crippen LogP contribution < -0.4 is 10.5 Å². The molecule has 0 amide bonds. The lowest BCUT2D eigenvalue weighted by molar-refractivity contribution is 0.139. The zero-order chi connectivity index (χ0) is 14.2. The molecule has 0 spiro atoms. The largest absolute Gasteiger partial charge is 0.470 e. The van der Waals surface area contributed by atoms with Gasteiger partial charge in [-0.15, -0.1) is 12.4 Å². The zero-order valence-electron chi connectivity index (χ0n) is 11.3. The van der Waals surface area contributed by atoms with Crippen LogP contribution in [0, 0.1) is 0 Å². The fraction of sp³-hybridized carbons (Fsp3) is 0.250. The topological polar surface area (TPSA) is 35.2 Å². The normalized spacial score (nSPS) is 20.1. The van der Waals surface area contributed by atoms with E-state index in [2.05, 4.69) is 6.07 Å². The van der Waals surface area contributed by atoms with Crippen LogP contribution in [0.2, 0.25) is 5.02 Å². The SMILES string of the molecule is Cl.NC[C@]1(Cl)CCc2cccc(-c3ccccc3Cl)c2O1. The Morgan fingerprint density at radius 3 is 2.52 bits per heavy atom. The van der Waals surface area contributed by atoms with Crippen LogP contribution in [0.4, 0.5) is 0 Å². The molecular formula is C16H16Cl3NO. The molecule has 0 saturated carbocycles. The number of benzene rings is 2. The van der Waals surface area contributed by atoms with Gasteiger partial charge in [0.2, 0.25) is 0 Å². The van der Waals surface area contributed by atoms with Gasteiger partial charge in [-0.05, 0) is 18.1 Å². The van der Waals surface area contributed by atoms with Crippen molar-refractivity contribution in [3.63, 3.8) is 0 Å². The van der Waals surface area contributed by atoms with Crippen LogP contribution in [-0.4, -0.2) is 11.6 Å². The van der Waals surface area contributed by atoms with E-state index in [9.17, 15) is 0 Å². The summed E-state index contributed by atoms with van der Waals surface area (Å²) in [5, 5.41) is -0.118. The summed E-state index contributed by atoms with van der Waals surface area (Å²) in [5.41, 5.74) is 8.79. The lowest BCUT2D eigenvalue weighted by Gasteiger charge is -2.33. The van der Waals surface area contributed by atoms with Gasteiger partial charge in [0.1, 0.15) is 5.75 Å². The van der Waals surface area contributed by atoms with Gasteiger partial charge in [-0.25, -0.2) is 0 Å². The molecule has 0 unspecified atom stereocenters. The molecule has 3 rings (SSSR count). The average molecular weight is 345 g/mol. The number of ether oxygens (including phenoxy) is 1. The van der Waals surface area contributed by atoms with Crippen LogP contribution >= 0.6 is 35.6 Å². The summed E-state index contributed by atoms with van der Waals surface area (Å²) < 4.78 is 5.99. The molecule has 1 heterocycles. The van der Waals surface area contributed by atoms with Crippen LogP contribution in [0.25, 0.3) is 11.1 Å². The smallest absolute Gasteiger partial charge is 0.194 e. The second kappa shape index (κ2) is 6.45. The minimum atomic E-state index is -0.815. The highest BCUT2D eigenvalue weighted by atomic mass is 35.5. The van der Waals surface area contributed by atoms with E-state index in [-0.39, 0.29) is 19.0 Å².